The minimum Gasteiger partial charge on any atom is -0.444 e. The molecular weight excluding hydrogens is 320 g/mol. The van der Waals surface area contributed by atoms with Gasteiger partial charge in [0.1, 0.15) is 5.60 Å². The predicted octanol–water partition coefficient (Wildman–Crippen LogP) is 4.01. The number of ether oxygens (including phenoxy) is 1. The summed E-state index contributed by atoms with van der Waals surface area (Å²) in [4.78, 5) is 14.2. The molecule has 4 fully saturated rings. The van der Waals surface area contributed by atoms with Gasteiger partial charge in [-0.05, 0) is 76.5 Å². The Bertz CT molecular complexity index is 478. The Hall–Kier alpha value is -0.420. The summed E-state index contributed by atoms with van der Waals surface area (Å²) in [7, 11) is 0. The number of rotatable bonds is 3. The van der Waals surface area contributed by atoms with Crippen molar-refractivity contribution < 1.29 is 9.53 Å². The predicted molar refractivity (Wildman–Crippen MR) is 97.8 cm³/mol. The number of likely N-dealkylation sites (tertiary alicyclic amines) is 1. The van der Waals surface area contributed by atoms with Crippen molar-refractivity contribution in [3.05, 3.63) is 0 Å². The number of carbonyl (C=O) groups excluding carboxylic acids is 1. The summed E-state index contributed by atoms with van der Waals surface area (Å²) in [6, 6.07) is 0.910. The highest BCUT2D eigenvalue weighted by atomic mass is 32.2. The molecule has 2 heterocycles. The first-order valence-electron chi connectivity index (χ1n) is 9.76. The lowest BCUT2D eigenvalue weighted by Crippen LogP contribution is -2.36. The number of nitrogens with zero attached hydrogens (tertiary/aromatic N) is 2. The van der Waals surface area contributed by atoms with Gasteiger partial charge in [0.25, 0.3) is 0 Å². The first-order chi connectivity index (χ1) is 11.4. The van der Waals surface area contributed by atoms with Crippen LogP contribution in [0.25, 0.3) is 0 Å². The molecule has 2 saturated heterocycles. The largest absolute Gasteiger partial charge is 0.444 e. The van der Waals surface area contributed by atoms with Crippen LogP contribution in [0.5, 0.6) is 0 Å². The van der Waals surface area contributed by atoms with Gasteiger partial charge in [0, 0.05) is 31.4 Å². The molecule has 4 nitrogen and oxygen atoms in total. The van der Waals surface area contributed by atoms with Crippen LogP contribution in [0.1, 0.15) is 52.9 Å². The van der Waals surface area contributed by atoms with Gasteiger partial charge in [0.05, 0.1) is 0 Å². The fourth-order valence-electron chi connectivity index (χ4n) is 4.97. The van der Waals surface area contributed by atoms with E-state index in [9.17, 15) is 4.79 Å². The third-order valence-corrected chi connectivity index (χ3v) is 7.59. The van der Waals surface area contributed by atoms with Gasteiger partial charge in [-0.25, -0.2) is 9.10 Å². The normalized spacial score (nSPS) is 38.8. The topological polar surface area (TPSA) is 32.8 Å². The summed E-state index contributed by atoms with van der Waals surface area (Å²) in [5, 5.41) is 0. The van der Waals surface area contributed by atoms with Crippen molar-refractivity contribution in [2.24, 2.45) is 23.7 Å². The molecule has 0 radical (unpaired) electrons. The van der Waals surface area contributed by atoms with Crippen molar-refractivity contribution >= 4 is 18.0 Å². The van der Waals surface area contributed by atoms with E-state index in [1.807, 2.05) is 25.7 Å². The highest BCUT2D eigenvalue weighted by Gasteiger charge is 2.46. The summed E-state index contributed by atoms with van der Waals surface area (Å²) in [5.41, 5.74) is -0.386. The minimum absolute atomic E-state index is 0.115. The number of piperidine rings is 1. The van der Waals surface area contributed by atoms with Crippen LogP contribution in [-0.4, -0.2) is 52.3 Å². The third kappa shape index (κ3) is 3.72. The van der Waals surface area contributed by atoms with Crippen LogP contribution in [0.3, 0.4) is 0 Å². The van der Waals surface area contributed by atoms with Crippen LogP contribution in [-0.2, 0) is 4.74 Å². The molecular formula is C19H32N2O2S. The molecule has 0 N–H and O–H groups in total. The Morgan fingerprint density at radius 1 is 1.12 bits per heavy atom. The summed E-state index contributed by atoms with van der Waals surface area (Å²) in [5.74, 6) is 4.58. The van der Waals surface area contributed by atoms with Crippen molar-refractivity contribution in [2.75, 3.05) is 25.4 Å². The molecule has 24 heavy (non-hydrogen) atoms. The van der Waals surface area contributed by atoms with Gasteiger partial charge in [-0.1, -0.05) is 11.9 Å². The quantitative estimate of drug-likeness (QED) is 0.719. The lowest BCUT2D eigenvalue weighted by Gasteiger charge is -2.27. The van der Waals surface area contributed by atoms with Gasteiger partial charge < -0.3 is 9.64 Å². The second kappa shape index (κ2) is 6.39. The van der Waals surface area contributed by atoms with E-state index in [-0.39, 0.29) is 11.7 Å². The first kappa shape index (κ1) is 17.0. The van der Waals surface area contributed by atoms with Gasteiger partial charge in [-0.3, -0.25) is 0 Å². The lowest BCUT2D eigenvalue weighted by atomic mass is 10.0. The zero-order valence-corrected chi connectivity index (χ0v) is 16.2. The number of hydrogen-bond acceptors (Lipinski definition) is 4. The Morgan fingerprint density at radius 3 is 2.50 bits per heavy atom. The number of amides is 1. The van der Waals surface area contributed by atoms with E-state index >= 15 is 0 Å². The van der Waals surface area contributed by atoms with Gasteiger partial charge in [0.15, 0.2) is 0 Å². The molecule has 0 bridgehead atoms. The monoisotopic (exact) mass is 352 g/mol. The zero-order chi connectivity index (χ0) is 16.9. The van der Waals surface area contributed by atoms with Gasteiger partial charge in [-0.15, -0.1) is 0 Å². The third-order valence-electron chi connectivity index (χ3n) is 6.18. The molecule has 4 unspecified atom stereocenters. The van der Waals surface area contributed by atoms with Crippen molar-refractivity contribution in [2.45, 2.75) is 64.5 Å². The standard InChI is InChI=1S/C19H32N2O2S/c1-19(2,3)23-18(22)20-10-15-7-13(8-16(15)11-20)12-24-21-6-4-5-14-9-17(14)21/h13-17H,4-12H2,1-3H3. The minimum atomic E-state index is -0.386. The second-order valence-corrected chi connectivity index (χ2v) is 10.4. The van der Waals surface area contributed by atoms with E-state index in [1.165, 1.54) is 44.4 Å². The highest BCUT2D eigenvalue weighted by Crippen LogP contribution is 2.48. The average Bonchev–Trinajstić information content (AvgIpc) is 3.03. The van der Waals surface area contributed by atoms with E-state index in [0.717, 1.165) is 31.0 Å². The summed E-state index contributed by atoms with van der Waals surface area (Å²) < 4.78 is 8.22. The highest BCUT2D eigenvalue weighted by molar-refractivity contribution is 7.97. The fraction of sp³-hybridized carbons (Fsp3) is 0.947. The maximum atomic E-state index is 12.2. The number of hydrogen-bond donors (Lipinski definition) is 0. The summed E-state index contributed by atoms with van der Waals surface area (Å²) in [6.07, 6.45) is 6.81. The van der Waals surface area contributed by atoms with Crippen LogP contribution in [0, 0.1) is 23.7 Å². The fourth-order valence-corrected chi connectivity index (χ4v) is 6.35. The van der Waals surface area contributed by atoms with Gasteiger partial charge >= 0.3 is 6.09 Å². The SMILES string of the molecule is CC(C)(C)OC(=O)N1CC2CC(CSN3CCCC4CC43)CC2C1. The molecule has 136 valence electrons. The molecule has 4 aliphatic rings. The maximum absolute atomic E-state index is 12.2. The van der Waals surface area contributed by atoms with Crippen molar-refractivity contribution in [3.63, 3.8) is 0 Å². The Labute approximate surface area is 150 Å². The smallest absolute Gasteiger partial charge is 0.410 e. The molecule has 2 saturated carbocycles. The molecule has 0 aromatic carbocycles. The van der Waals surface area contributed by atoms with E-state index in [4.69, 9.17) is 4.74 Å². The summed E-state index contributed by atoms with van der Waals surface area (Å²) >= 11 is 2.13. The Balaban J connectivity index is 1.21. The van der Waals surface area contributed by atoms with Crippen LogP contribution < -0.4 is 0 Å². The van der Waals surface area contributed by atoms with E-state index < -0.39 is 0 Å². The maximum Gasteiger partial charge on any atom is 0.410 e. The molecule has 0 spiro atoms. The molecule has 5 heteroatoms. The lowest BCUT2D eigenvalue weighted by molar-refractivity contribution is 0.0278. The molecule has 0 aromatic rings. The summed E-state index contributed by atoms with van der Waals surface area (Å²) in [6.45, 7) is 8.96. The molecule has 0 aromatic heterocycles. The van der Waals surface area contributed by atoms with Gasteiger partial charge in [0.2, 0.25) is 0 Å². The van der Waals surface area contributed by atoms with Crippen LogP contribution in [0.2, 0.25) is 0 Å². The van der Waals surface area contributed by atoms with Crippen molar-refractivity contribution in [1.29, 1.82) is 0 Å². The number of carbonyl (C=O) groups is 1. The van der Waals surface area contributed by atoms with Crippen LogP contribution >= 0.6 is 11.9 Å². The Kier molecular flexibility index (Phi) is 4.53. The Morgan fingerprint density at radius 2 is 1.83 bits per heavy atom. The van der Waals surface area contributed by atoms with Crippen LogP contribution in [0.4, 0.5) is 4.79 Å². The first-order valence-corrected chi connectivity index (χ1v) is 10.7. The molecule has 2 aliphatic heterocycles. The second-order valence-electron chi connectivity index (χ2n) is 9.38. The molecule has 1 amide bonds. The number of fused-ring (bicyclic) bond motifs is 2. The average molecular weight is 353 g/mol. The van der Waals surface area contributed by atoms with Gasteiger partial charge in [-0.2, -0.15) is 0 Å². The van der Waals surface area contributed by atoms with Crippen molar-refractivity contribution in [1.82, 2.24) is 9.21 Å². The van der Waals surface area contributed by atoms with E-state index in [0.29, 0.717) is 11.8 Å². The zero-order valence-electron chi connectivity index (χ0n) is 15.4. The molecule has 4 atom stereocenters. The van der Waals surface area contributed by atoms with E-state index in [2.05, 4.69) is 16.3 Å². The van der Waals surface area contributed by atoms with Crippen molar-refractivity contribution in [3.8, 4) is 0 Å². The molecule has 4 rings (SSSR count). The molecule has 2 aliphatic carbocycles. The van der Waals surface area contributed by atoms with Crippen LogP contribution in [0.15, 0.2) is 0 Å². The van der Waals surface area contributed by atoms with E-state index in [1.54, 1.807) is 0 Å².